The van der Waals surface area contributed by atoms with E-state index in [1.807, 2.05) is 13.8 Å². The standard InChI is InChI=1S/C19H23F2N4O/c1-11(2)23-18-14-9-16(25-19(26)12-6-4-3-5-7-12)22-10-13(14)8-15(24-18)17(20)21/h4,8-12,17H,3,5-7H2,1-2H3,(H,23,24)(H,22,25,26)/t12-/m0/s1. The molecule has 7 heteroatoms. The molecule has 5 nitrogen and oxygen atoms in total. The molecule has 2 heterocycles. The Labute approximate surface area is 151 Å². The number of carbonyl (C=O) groups is 1. The third-order valence-corrected chi connectivity index (χ3v) is 4.42. The zero-order valence-corrected chi connectivity index (χ0v) is 14.9. The number of halogens is 2. The topological polar surface area (TPSA) is 66.9 Å². The van der Waals surface area contributed by atoms with Crippen molar-refractivity contribution in [3.63, 3.8) is 0 Å². The summed E-state index contributed by atoms with van der Waals surface area (Å²) in [5.74, 6) is 0.695. The Morgan fingerprint density at radius 2 is 2.12 bits per heavy atom. The van der Waals surface area contributed by atoms with Crippen LogP contribution >= 0.6 is 0 Å². The number of aromatic nitrogens is 2. The van der Waals surface area contributed by atoms with Crippen LogP contribution in [0.4, 0.5) is 20.4 Å². The lowest BCUT2D eigenvalue weighted by Gasteiger charge is -2.20. The van der Waals surface area contributed by atoms with E-state index < -0.39 is 6.43 Å². The Bertz CT molecular complexity index is 788. The van der Waals surface area contributed by atoms with Crippen molar-refractivity contribution in [3.8, 4) is 0 Å². The number of rotatable bonds is 5. The average Bonchev–Trinajstić information content (AvgIpc) is 2.62. The van der Waals surface area contributed by atoms with Crippen molar-refractivity contribution in [1.29, 1.82) is 0 Å². The Morgan fingerprint density at radius 3 is 2.77 bits per heavy atom. The molecule has 0 saturated heterocycles. The van der Waals surface area contributed by atoms with Crippen LogP contribution in [0.1, 0.15) is 51.7 Å². The first kappa shape index (κ1) is 18.5. The maximum absolute atomic E-state index is 13.1. The van der Waals surface area contributed by atoms with Crippen molar-refractivity contribution < 1.29 is 13.6 Å². The Kier molecular flexibility index (Phi) is 5.64. The highest BCUT2D eigenvalue weighted by Gasteiger charge is 2.22. The predicted octanol–water partition coefficient (Wildman–Crippen LogP) is 4.72. The van der Waals surface area contributed by atoms with Crippen LogP contribution in [0.15, 0.2) is 18.3 Å². The fourth-order valence-electron chi connectivity index (χ4n) is 3.14. The summed E-state index contributed by atoms with van der Waals surface area (Å²) in [6.07, 6.45) is 4.70. The third-order valence-electron chi connectivity index (χ3n) is 4.42. The normalized spacial score (nSPS) is 15.6. The van der Waals surface area contributed by atoms with Crippen LogP contribution in [0.3, 0.4) is 0 Å². The molecule has 2 aromatic rings. The van der Waals surface area contributed by atoms with Gasteiger partial charge in [0.05, 0.1) is 0 Å². The number of carbonyl (C=O) groups excluding carboxylic acids is 1. The van der Waals surface area contributed by atoms with Crippen molar-refractivity contribution in [2.45, 2.75) is 52.0 Å². The van der Waals surface area contributed by atoms with Crippen LogP contribution in [0, 0.1) is 12.3 Å². The molecule has 1 aliphatic carbocycles. The van der Waals surface area contributed by atoms with Crippen LogP contribution in [0.2, 0.25) is 0 Å². The highest BCUT2D eigenvalue weighted by atomic mass is 19.3. The van der Waals surface area contributed by atoms with Crippen molar-refractivity contribution in [3.05, 3.63) is 30.4 Å². The lowest BCUT2D eigenvalue weighted by atomic mass is 9.89. The quantitative estimate of drug-likeness (QED) is 0.809. The number of amides is 1. The fourth-order valence-corrected chi connectivity index (χ4v) is 3.14. The molecule has 0 unspecified atom stereocenters. The van der Waals surface area contributed by atoms with Gasteiger partial charge in [-0.15, -0.1) is 0 Å². The first-order valence-electron chi connectivity index (χ1n) is 8.92. The third kappa shape index (κ3) is 4.26. The highest BCUT2D eigenvalue weighted by molar-refractivity contribution is 5.97. The van der Waals surface area contributed by atoms with E-state index in [1.165, 1.54) is 12.3 Å². The summed E-state index contributed by atoms with van der Waals surface area (Å²) in [4.78, 5) is 20.7. The monoisotopic (exact) mass is 361 g/mol. The first-order chi connectivity index (χ1) is 12.4. The summed E-state index contributed by atoms with van der Waals surface area (Å²) in [5, 5.41) is 7.16. The molecule has 1 amide bonds. The first-order valence-corrected chi connectivity index (χ1v) is 8.92. The van der Waals surface area contributed by atoms with E-state index in [1.54, 1.807) is 6.07 Å². The number of nitrogens with zero attached hydrogens (tertiary/aromatic N) is 2. The van der Waals surface area contributed by atoms with Gasteiger partial charge in [0.1, 0.15) is 17.3 Å². The van der Waals surface area contributed by atoms with Crippen LogP contribution in [-0.2, 0) is 4.79 Å². The average molecular weight is 361 g/mol. The van der Waals surface area contributed by atoms with Gasteiger partial charge in [-0.05, 0) is 45.2 Å². The largest absolute Gasteiger partial charge is 0.367 e. The summed E-state index contributed by atoms with van der Waals surface area (Å²) < 4.78 is 26.2. The molecule has 2 N–H and O–H groups in total. The van der Waals surface area contributed by atoms with E-state index in [0.717, 1.165) is 25.7 Å². The number of hydrogen-bond donors (Lipinski definition) is 2. The van der Waals surface area contributed by atoms with Crippen molar-refractivity contribution in [1.82, 2.24) is 9.97 Å². The van der Waals surface area contributed by atoms with Gasteiger partial charge in [-0.1, -0.05) is 12.8 Å². The molecule has 2 aromatic heterocycles. The van der Waals surface area contributed by atoms with Crippen LogP contribution in [-0.4, -0.2) is 21.9 Å². The van der Waals surface area contributed by atoms with Gasteiger partial charge in [0.15, 0.2) is 0 Å². The van der Waals surface area contributed by atoms with Gasteiger partial charge in [-0.3, -0.25) is 4.79 Å². The molecule has 1 radical (unpaired) electrons. The maximum Gasteiger partial charge on any atom is 0.280 e. The van der Waals surface area contributed by atoms with E-state index in [0.29, 0.717) is 22.4 Å². The number of fused-ring (bicyclic) bond motifs is 1. The molecule has 0 aliphatic heterocycles. The lowest BCUT2D eigenvalue weighted by molar-refractivity contribution is -0.120. The van der Waals surface area contributed by atoms with E-state index in [2.05, 4.69) is 27.0 Å². The summed E-state index contributed by atoms with van der Waals surface area (Å²) in [6, 6.07) is 3.05. The van der Waals surface area contributed by atoms with Gasteiger partial charge >= 0.3 is 0 Å². The molecular weight excluding hydrogens is 338 g/mol. The fraction of sp³-hybridized carbons (Fsp3) is 0.474. The van der Waals surface area contributed by atoms with E-state index in [-0.39, 0.29) is 23.6 Å². The number of nitrogens with one attached hydrogen (secondary N) is 2. The van der Waals surface area contributed by atoms with E-state index in [4.69, 9.17) is 0 Å². The van der Waals surface area contributed by atoms with Gasteiger partial charge in [0.25, 0.3) is 6.43 Å². The van der Waals surface area contributed by atoms with E-state index >= 15 is 0 Å². The minimum absolute atomic E-state index is 0.0302. The second-order valence-electron chi connectivity index (χ2n) is 6.93. The number of anilines is 2. The Balaban J connectivity index is 1.90. The summed E-state index contributed by atoms with van der Waals surface area (Å²) >= 11 is 0. The molecule has 0 spiro atoms. The summed E-state index contributed by atoms with van der Waals surface area (Å²) in [5.41, 5.74) is -0.294. The second-order valence-corrected chi connectivity index (χ2v) is 6.93. The van der Waals surface area contributed by atoms with E-state index in [9.17, 15) is 13.6 Å². The minimum Gasteiger partial charge on any atom is -0.367 e. The minimum atomic E-state index is -2.66. The molecule has 3 rings (SSSR count). The SMILES string of the molecule is CC(C)Nc1nc(C(F)F)cc2cnc(NC(=O)[C@H]3C[CH]CCC3)cc12. The van der Waals surface area contributed by atoms with Crippen LogP contribution < -0.4 is 10.6 Å². The molecule has 0 aromatic carbocycles. The number of alkyl halides is 2. The summed E-state index contributed by atoms with van der Waals surface area (Å²) in [6.45, 7) is 3.82. The van der Waals surface area contributed by atoms with Gasteiger partial charge in [0, 0.05) is 28.9 Å². The molecule has 139 valence electrons. The van der Waals surface area contributed by atoms with Crippen molar-refractivity contribution >= 4 is 28.3 Å². The van der Waals surface area contributed by atoms with Gasteiger partial charge in [-0.25, -0.2) is 18.7 Å². The molecule has 1 aliphatic rings. The second kappa shape index (κ2) is 7.93. The highest BCUT2D eigenvalue weighted by Crippen LogP contribution is 2.29. The van der Waals surface area contributed by atoms with Crippen LogP contribution in [0.25, 0.3) is 10.8 Å². The Hall–Kier alpha value is -2.31. The molecule has 0 bridgehead atoms. The molecule has 1 fully saturated rings. The van der Waals surface area contributed by atoms with Gasteiger partial charge < -0.3 is 10.6 Å². The lowest BCUT2D eigenvalue weighted by Crippen LogP contribution is -2.25. The van der Waals surface area contributed by atoms with Gasteiger partial charge in [0.2, 0.25) is 5.91 Å². The predicted molar refractivity (Wildman–Crippen MR) is 98.1 cm³/mol. The molecule has 1 atom stereocenters. The molecule has 1 saturated carbocycles. The number of hydrogen-bond acceptors (Lipinski definition) is 4. The van der Waals surface area contributed by atoms with Gasteiger partial charge in [-0.2, -0.15) is 0 Å². The van der Waals surface area contributed by atoms with Crippen molar-refractivity contribution in [2.75, 3.05) is 10.6 Å². The Morgan fingerprint density at radius 1 is 1.31 bits per heavy atom. The smallest absolute Gasteiger partial charge is 0.280 e. The van der Waals surface area contributed by atoms with Crippen molar-refractivity contribution in [2.24, 2.45) is 5.92 Å². The van der Waals surface area contributed by atoms with Crippen LogP contribution in [0.5, 0.6) is 0 Å². The zero-order valence-electron chi connectivity index (χ0n) is 14.9. The maximum atomic E-state index is 13.1. The molecule has 26 heavy (non-hydrogen) atoms. The number of pyridine rings is 2. The summed E-state index contributed by atoms with van der Waals surface area (Å²) in [7, 11) is 0. The zero-order chi connectivity index (χ0) is 18.7. The molecular formula is C19H23F2N4O.